The van der Waals surface area contributed by atoms with Gasteiger partial charge in [0.2, 0.25) is 0 Å². The second kappa shape index (κ2) is 8.17. The van der Waals surface area contributed by atoms with Crippen LogP contribution in [-0.4, -0.2) is 48.2 Å². The first-order valence-corrected chi connectivity index (χ1v) is 11.7. The first-order valence-electron chi connectivity index (χ1n) is 9.86. The molecule has 0 saturated carbocycles. The molecule has 2 heterocycles. The number of benzene rings is 1. The summed E-state index contributed by atoms with van der Waals surface area (Å²) in [6.07, 6.45) is 3.68. The van der Waals surface area contributed by atoms with E-state index in [1.807, 2.05) is 0 Å². The SMILES string of the molecule is O=C(COC(=O)c1nn([C@H]2CCS(=O)(=O)C2)c2c1CCCC2)Nc1ccccc1F. The third-order valence-electron chi connectivity index (χ3n) is 5.44. The number of anilines is 1. The molecule has 2 aliphatic rings. The van der Waals surface area contributed by atoms with Gasteiger partial charge >= 0.3 is 5.97 Å². The summed E-state index contributed by atoms with van der Waals surface area (Å²) in [6.45, 7) is -0.577. The van der Waals surface area contributed by atoms with Gasteiger partial charge in [-0.05, 0) is 44.2 Å². The summed E-state index contributed by atoms with van der Waals surface area (Å²) in [7, 11) is -3.10. The van der Waals surface area contributed by atoms with Gasteiger partial charge in [-0.15, -0.1) is 0 Å². The second-order valence-corrected chi connectivity index (χ2v) is 9.82. The average molecular weight is 435 g/mol. The van der Waals surface area contributed by atoms with Crippen LogP contribution >= 0.6 is 0 Å². The minimum absolute atomic E-state index is 0.00245. The number of halogens is 1. The van der Waals surface area contributed by atoms with E-state index in [4.69, 9.17) is 4.74 Å². The van der Waals surface area contributed by atoms with Crippen molar-refractivity contribution in [2.75, 3.05) is 23.4 Å². The summed E-state index contributed by atoms with van der Waals surface area (Å²) in [5.74, 6) is -1.86. The van der Waals surface area contributed by atoms with Crippen molar-refractivity contribution in [3.05, 3.63) is 47.0 Å². The highest BCUT2D eigenvalue weighted by Gasteiger charge is 2.34. The van der Waals surface area contributed by atoms with Crippen LogP contribution < -0.4 is 5.32 Å². The quantitative estimate of drug-likeness (QED) is 0.721. The highest BCUT2D eigenvalue weighted by atomic mass is 32.2. The van der Waals surface area contributed by atoms with Gasteiger partial charge in [-0.3, -0.25) is 9.48 Å². The van der Waals surface area contributed by atoms with Crippen LogP contribution in [0, 0.1) is 5.82 Å². The highest BCUT2D eigenvalue weighted by Crippen LogP contribution is 2.31. The molecule has 1 N–H and O–H groups in total. The minimum Gasteiger partial charge on any atom is -0.451 e. The van der Waals surface area contributed by atoms with E-state index in [2.05, 4.69) is 10.4 Å². The zero-order chi connectivity index (χ0) is 21.3. The van der Waals surface area contributed by atoms with Crippen LogP contribution in [0.25, 0.3) is 0 Å². The Morgan fingerprint density at radius 2 is 2.00 bits per heavy atom. The normalized spacial score (nSPS) is 19.8. The smallest absolute Gasteiger partial charge is 0.359 e. The fraction of sp³-hybridized carbons (Fsp3) is 0.450. The van der Waals surface area contributed by atoms with Crippen molar-refractivity contribution in [3.8, 4) is 0 Å². The van der Waals surface area contributed by atoms with Crippen LogP contribution in [0.4, 0.5) is 10.1 Å². The lowest BCUT2D eigenvalue weighted by molar-refractivity contribution is -0.119. The zero-order valence-corrected chi connectivity index (χ0v) is 17.1. The monoisotopic (exact) mass is 435 g/mol. The van der Waals surface area contributed by atoms with Crippen molar-refractivity contribution < 1.29 is 27.1 Å². The number of carbonyl (C=O) groups is 2. The van der Waals surface area contributed by atoms with E-state index >= 15 is 0 Å². The maximum Gasteiger partial charge on any atom is 0.359 e. The summed E-state index contributed by atoms with van der Waals surface area (Å²) < 4.78 is 44.2. The molecule has 8 nitrogen and oxygen atoms in total. The Kier molecular flexibility index (Phi) is 5.59. The van der Waals surface area contributed by atoms with Gasteiger partial charge < -0.3 is 10.1 Å². The van der Waals surface area contributed by atoms with Crippen LogP contribution in [0.15, 0.2) is 24.3 Å². The lowest BCUT2D eigenvalue weighted by atomic mass is 9.95. The summed E-state index contributed by atoms with van der Waals surface area (Å²) in [5, 5.41) is 6.76. The number of rotatable bonds is 5. The molecule has 1 fully saturated rings. The summed E-state index contributed by atoms with van der Waals surface area (Å²) in [6, 6.07) is 5.41. The number of nitrogens with zero attached hydrogens (tertiary/aromatic N) is 2. The molecule has 160 valence electrons. The molecule has 1 aromatic carbocycles. The van der Waals surface area contributed by atoms with Gasteiger partial charge in [0.25, 0.3) is 5.91 Å². The largest absolute Gasteiger partial charge is 0.451 e. The third kappa shape index (κ3) is 4.23. The molecule has 10 heteroatoms. The number of nitrogens with one attached hydrogen (secondary N) is 1. The second-order valence-electron chi connectivity index (χ2n) is 7.59. The third-order valence-corrected chi connectivity index (χ3v) is 7.19. The van der Waals surface area contributed by atoms with Gasteiger partial charge in [0.05, 0.1) is 23.2 Å². The molecule has 2 aromatic rings. The van der Waals surface area contributed by atoms with Crippen molar-refractivity contribution in [3.63, 3.8) is 0 Å². The predicted molar refractivity (Wildman–Crippen MR) is 106 cm³/mol. The van der Waals surface area contributed by atoms with Gasteiger partial charge in [0.1, 0.15) is 5.82 Å². The number of hydrogen-bond acceptors (Lipinski definition) is 6. The predicted octanol–water partition coefficient (Wildman–Crippen LogP) is 2.06. The number of para-hydroxylation sites is 1. The zero-order valence-electron chi connectivity index (χ0n) is 16.3. The molecule has 1 atom stereocenters. The molecular weight excluding hydrogens is 413 g/mol. The number of hydrogen-bond donors (Lipinski definition) is 1. The fourth-order valence-electron chi connectivity index (χ4n) is 4.01. The number of fused-ring (bicyclic) bond motifs is 1. The summed E-state index contributed by atoms with van der Waals surface area (Å²) in [4.78, 5) is 24.7. The van der Waals surface area contributed by atoms with Crippen LogP contribution in [0.3, 0.4) is 0 Å². The molecule has 30 heavy (non-hydrogen) atoms. The Morgan fingerprint density at radius 3 is 2.73 bits per heavy atom. The van der Waals surface area contributed by atoms with Gasteiger partial charge in [-0.1, -0.05) is 12.1 Å². The molecule has 1 aromatic heterocycles. The van der Waals surface area contributed by atoms with Crippen LogP contribution in [0.5, 0.6) is 0 Å². The topological polar surface area (TPSA) is 107 Å². The number of sulfone groups is 1. The van der Waals surface area contributed by atoms with E-state index in [1.54, 1.807) is 10.7 Å². The van der Waals surface area contributed by atoms with Crippen LogP contribution in [-0.2, 0) is 32.2 Å². The van der Waals surface area contributed by atoms with Crippen LogP contribution in [0.2, 0.25) is 0 Å². The maximum atomic E-state index is 13.6. The summed E-state index contributed by atoms with van der Waals surface area (Å²) in [5.41, 5.74) is 1.78. The molecule has 0 radical (unpaired) electrons. The standard InChI is InChI=1S/C20H22FN3O5S/c21-15-6-2-3-7-16(15)22-18(25)11-29-20(26)19-14-5-1-4-8-17(14)24(23-19)13-9-10-30(27,28)12-13/h2-3,6-7,13H,1,4-5,8-12H2,(H,22,25)/t13-/m0/s1. The molecule has 4 rings (SSSR count). The van der Waals surface area contributed by atoms with Crippen molar-refractivity contribution in [2.45, 2.75) is 38.1 Å². The number of amides is 1. The minimum atomic E-state index is -3.10. The first-order chi connectivity index (χ1) is 14.3. The van der Waals surface area contributed by atoms with Gasteiger partial charge in [-0.25, -0.2) is 17.6 Å². The molecule has 0 unspecified atom stereocenters. The molecule has 1 saturated heterocycles. The number of aromatic nitrogens is 2. The van der Waals surface area contributed by atoms with Crippen molar-refractivity contribution >= 4 is 27.4 Å². The molecule has 0 spiro atoms. The number of ether oxygens (including phenoxy) is 1. The maximum absolute atomic E-state index is 13.6. The average Bonchev–Trinajstić information content (AvgIpc) is 3.28. The number of carbonyl (C=O) groups excluding carboxylic acids is 2. The summed E-state index contributed by atoms with van der Waals surface area (Å²) >= 11 is 0. The first kappa shape index (κ1) is 20.5. The fourth-order valence-corrected chi connectivity index (χ4v) is 5.70. The Balaban J connectivity index is 1.47. The highest BCUT2D eigenvalue weighted by molar-refractivity contribution is 7.91. The molecule has 1 aliphatic carbocycles. The van der Waals surface area contributed by atoms with Crippen molar-refractivity contribution in [1.29, 1.82) is 0 Å². The van der Waals surface area contributed by atoms with E-state index in [9.17, 15) is 22.4 Å². The Labute approximate surface area is 173 Å². The van der Waals surface area contributed by atoms with Gasteiger partial charge in [0, 0.05) is 11.3 Å². The van der Waals surface area contributed by atoms with Crippen molar-refractivity contribution in [1.82, 2.24) is 9.78 Å². The van der Waals surface area contributed by atoms with Crippen LogP contribution in [0.1, 0.15) is 47.1 Å². The van der Waals surface area contributed by atoms with Gasteiger partial charge in [-0.2, -0.15) is 5.10 Å². The Hall–Kier alpha value is -2.75. The lowest BCUT2D eigenvalue weighted by Crippen LogP contribution is -2.22. The van der Waals surface area contributed by atoms with Gasteiger partial charge in [0.15, 0.2) is 22.1 Å². The van der Waals surface area contributed by atoms with E-state index in [1.165, 1.54) is 18.2 Å². The Bertz CT molecular complexity index is 1100. The molecule has 1 amide bonds. The van der Waals surface area contributed by atoms with E-state index in [0.29, 0.717) is 12.8 Å². The molecule has 1 aliphatic heterocycles. The molecule has 0 bridgehead atoms. The van der Waals surface area contributed by atoms with E-state index in [0.717, 1.165) is 30.5 Å². The van der Waals surface area contributed by atoms with Crippen molar-refractivity contribution in [2.24, 2.45) is 0 Å². The molecular formula is C20H22FN3O5S. The number of esters is 1. The van der Waals surface area contributed by atoms with E-state index in [-0.39, 0.29) is 28.9 Å². The van der Waals surface area contributed by atoms with E-state index < -0.39 is 34.1 Å². The Morgan fingerprint density at radius 1 is 1.23 bits per heavy atom. The lowest BCUT2D eigenvalue weighted by Gasteiger charge is -2.17.